The zero-order valence-corrected chi connectivity index (χ0v) is 22.0. The average molecular weight is 535 g/mol. The number of nitrogens with zero attached hydrogens (tertiary/aromatic N) is 6. The third-order valence-corrected chi connectivity index (χ3v) is 7.55. The number of benzene rings is 1. The van der Waals surface area contributed by atoms with Crippen LogP contribution in [0.3, 0.4) is 0 Å². The van der Waals surface area contributed by atoms with Crippen molar-refractivity contribution < 1.29 is 18.8 Å². The molecular formula is C27H31FN8O3. The number of aromatic nitrogens is 3. The van der Waals surface area contributed by atoms with Crippen molar-refractivity contribution in [3.8, 4) is 0 Å². The summed E-state index contributed by atoms with van der Waals surface area (Å²) in [6.07, 6.45) is 3.72. The highest BCUT2D eigenvalue weighted by atomic mass is 19.1. The fourth-order valence-electron chi connectivity index (χ4n) is 5.20. The Bertz CT molecular complexity index is 1440. The van der Waals surface area contributed by atoms with Crippen molar-refractivity contribution in [2.75, 3.05) is 54.4 Å². The van der Waals surface area contributed by atoms with E-state index in [1.807, 2.05) is 19.9 Å². The van der Waals surface area contributed by atoms with Crippen LogP contribution in [0, 0.1) is 18.7 Å². The second kappa shape index (κ2) is 10.3. The highest BCUT2D eigenvalue weighted by molar-refractivity contribution is 6.17. The van der Waals surface area contributed by atoms with Gasteiger partial charge in [0.05, 0.1) is 34.6 Å². The number of hydrogen-bond donors (Lipinski definition) is 2. The minimum Gasteiger partial charge on any atom is -0.368 e. The molecule has 3 aromatic rings. The lowest BCUT2D eigenvalue weighted by molar-refractivity contribution is 0.0266. The number of pyridine rings is 1. The number of anilines is 3. The quantitative estimate of drug-likeness (QED) is 0.423. The van der Waals surface area contributed by atoms with Gasteiger partial charge in [0.15, 0.2) is 5.82 Å². The van der Waals surface area contributed by atoms with Crippen LogP contribution >= 0.6 is 0 Å². The maximum Gasteiger partial charge on any atom is 0.327 e. The van der Waals surface area contributed by atoms with Crippen molar-refractivity contribution in [2.45, 2.75) is 33.2 Å². The standard InChI is InChI=1S/C27H31FN8O3/c1-3-36-25-22-20(29-15-30-25)12-18(23(28)24(22)32-27(36)38)13-34-8-10-35(11-9-34)21-7-6-19(31-16(21)2)26(37)33-39-14-17-4-5-17/h6-7,12,15,17H,3-5,8-11,13-14H2,1-2H3,(H,32,38)(H,33,37). The fraction of sp³-hybridized carbons (Fsp3) is 0.444. The highest BCUT2D eigenvalue weighted by Crippen LogP contribution is 2.38. The van der Waals surface area contributed by atoms with E-state index in [1.54, 1.807) is 12.1 Å². The third-order valence-electron chi connectivity index (χ3n) is 7.55. The summed E-state index contributed by atoms with van der Waals surface area (Å²) in [5, 5.41) is 3.23. The molecule has 12 heteroatoms. The molecule has 2 N–H and O–H groups in total. The summed E-state index contributed by atoms with van der Waals surface area (Å²) >= 11 is 0. The molecule has 3 amide bonds. The van der Waals surface area contributed by atoms with Crippen LogP contribution in [0.15, 0.2) is 24.5 Å². The smallest absolute Gasteiger partial charge is 0.327 e. The Balaban J connectivity index is 1.11. The summed E-state index contributed by atoms with van der Waals surface area (Å²) in [5.41, 5.74) is 5.78. The van der Waals surface area contributed by atoms with Gasteiger partial charge in [-0.05, 0) is 50.8 Å². The number of carbonyl (C=O) groups is 2. The van der Waals surface area contributed by atoms with Gasteiger partial charge >= 0.3 is 6.03 Å². The molecule has 11 nitrogen and oxygen atoms in total. The van der Waals surface area contributed by atoms with E-state index in [4.69, 9.17) is 4.84 Å². The predicted molar refractivity (Wildman–Crippen MR) is 144 cm³/mol. The molecule has 0 atom stereocenters. The molecule has 0 unspecified atom stereocenters. The van der Waals surface area contributed by atoms with Crippen LogP contribution in [-0.4, -0.2) is 71.1 Å². The van der Waals surface area contributed by atoms with Crippen LogP contribution in [0.2, 0.25) is 0 Å². The molecule has 0 radical (unpaired) electrons. The van der Waals surface area contributed by atoms with E-state index in [-0.39, 0.29) is 11.6 Å². The summed E-state index contributed by atoms with van der Waals surface area (Å²) < 4.78 is 15.6. The first-order valence-corrected chi connectivity index (χ1v) is 13.3. The lowest BCUT2D eigenvalue weighted by Crippen LogP contribution is -2.46. The summed E-state index contributed by atoms with van der Waals surface area (Å²) in [7, 11) is 0. The molecular weight excluding hydrogens is 503 g/mol. The second-order valence-corrected chi connectivity index (χ2v) is 10.2. The van der Waals surface area contributed by atoms with Crippen LogP contribution < -0.4 is 20.6 Å². The minimum atomic E-state index is -0.444. The Morgan fingerprint density at radius 3 is 2.72 bits per heavy atom. The molecule has 2 aliphatic heterocycles. The van der Waals surface area contributed by atoms with Crippen molar-refractivity contribution >= 4 is 40.0 Å². The topological polar surface area (TPSA) is 116 Å². The molecule has 0 spiro atoms. The van der Waals surface area contributed by atoms with Crippen LogP contribution in [0.5, 0.6) is 0 Å². The molecule has 0 bridgehead atoms. The van der Waals surface area contributed by atoms with E-state index in [1.165, 1.54) is 11.2 Å². The molecule has 1 aliphatic carbocycles. The van der Waals surface area contributed by atoms with E-state index in [2.05, 4.69) is 35.5 Å². The van der Waals surface area contributed by atoms with Gasteiger partial charge in [0.1, 0.15) is 17.8 Å². The number of piperazine rings is 1. The molecule has 6 rings (SSSR count). The molecule has 39 heavy (non-hydrogen) atoms. The van der Waals surface area contributed by atoms with Crippen LogP contribution in [0.1, 0.15) is 41.5 Å². The van der Waals surface area contributed by atoms with Crippen LogP contribution in [0.25, 0.3) is 10.9 Å². The number of hydroxylamine groups is 1. The van der Waals surface area contributed by atoms with Crippen molar-refractivity contribution in [3.05, 3.63) is 47.3 Å². The zero-order chi connectivity index (χ0) is 27.1. The zero-order valence-electron chi connectivity index (χ0n) is 22.0. The molecule has 2 fully saturated rings. The molecule has 1 saturated heterocycles. The fourth-order valence-corrected chi connectivity index (χ4v) is 5.20. The van der Waals surface area contributed by atoms with Gasteiger partial charge in [-0.25, -0.2) is 29.6 Å². The predicted octanol–water partition coefficient (Wildman–Crippen LogP) is 3.24. The van der Waals surface area contributed by atoms with E-state index in [9.17, 15) is 9.59 Å². The SMILES string of the molecule is CCN1C(=O)Nc2c(F)c(CN3CCN(c4ccc(C(=O)NOCC5CC5)nc4C)CC3)cc3ncnc1c23. The minimum absolute atomic E-state index is 0.148. The number of hydrogen-bond acceptors (Lipinski definition) is 8. The Morgan fingerprint density at radius 2 is 2.00 bits per heavy atom. The van der Waals surface area contributed by atoms with Gasteiger partial charge in [-0.2, -0.15) is 0 Å². The number of aryl methyl sites for hydroxylation is 1. The van der Waals surface area contributed by atoms with Gasteiger partial charge in [-0.15, -0.1) is 0 Å². The molecule has 4 heterocycles. The van der Waals surface area contributed by atoms with Gasteiger partial charge < -0.3 is 10.2 Å². The first kappa shape index (κ1) is 25.4. The Hall–Kier alpha value is -3.90. The van der Waals surface area contributed by atoms with E-state index >= 15 is 4.39 Å². The van der Waals surface area contributed by atoms with Crippen molar-refractivity contribution in [1.82, 2.24) is 25.3 Å². The lowest BCUT2D eigenvalue weighted by Gasteiger charge is -2.37. The molecule has 1 saturated carbocycles. The third kappa shape index (κ3) is 4.97. The Kier molecular flexibility index (Phi) is 6.73. The Labute approximate surface area is 225 Å². The number of nitrogens with one attached hydrogen (secondary N) is 2. The van der Waals surface area contributed by atoms with E-state index in [0.29, 0.717) is 66.7 Å². The number of carbonyl (C=O) groups excluding carboxylic acids is 2. The number of rotatable bonds is 8. The normalized spacial score (nSPS) is 17.5. The second-order valence-electron chi connectivity index (χ2n) is 10.2. The van der Waals surface area contributed by atoms with Gasteiger partial charge in [0.25, 0.3) is 5.91 Å². The van der Waals surface area contributed by atoms with Gasteiger partial charge in [-0.1, -0.05) is 0 Å². The largest absolute Gasteiger partial charge is 0.368 e. The van der Waals surface area contributed by atoms with Crippen molar-refractivity contribution in [3.63, 3.8) is 0 Å². The van der Waals surface area contributed by atoms with E-state index < -0.39 is 11.8 Å². The molecule has 204 valence electrons. The molecule has 1 aromatic carbocycles. The van der Waals surface area contributed by atoms with Gasteiger partial charge in [0, 0.05) is 44.8 Å². The maximum absolute atomic E-state index is 15.6. The van der Waals surface area contributed by atoms with Crippen molar-refractivity contribution in [2.24, 2.45) is 5.92 Å². The van der Waals surface area contributed by atoms with E-state index in [0.717, 1.165) is 37.3 Å². The number of urea groups is 1. The molecule has 3 aliphatic rings. The van der Waals surface area contributed by atoms with Crippen LogP contribution in [0.4, 0.5) is 26.4 Å². The van der Waals surface area contributed by atoms with Crippen molar-refractivity contribution in [1.29, 1.82) is 0 Å². The Morgan fingerprint density at radius 1 is 1.21 bits per heavy atom. The molecule has 2 aromatic heterocycles. The van der Waals surface area contributed by atoms with Crippen LogP contribution in [-0.2, 0) is 11.4 Å². The first-order chi connectivity index (χ1) is 18.9. The summed E-state index contributed by atoms with van der Waals surface area (Å²) in [5.74, 6) is 0.197. The van der Waals surface area contributed by atoms with Gasteiger partial charge in [0.2, 0.25) is 0 Å². The first-order valence-electron chi connectivity index (χ1n) is 13.3. The van der Waals surface area contributed by atoms with Gasteiger partial charge in [-0.3, -0.25) is 19.4 Å². The monoisotopic (exact) mass is 534 g/mol. The number of amides is 3. The average Bonchev–Trinajstić information content (AvgIpc) is 3.76. The maximum atomic E-state index is 15.6. The summed E-state index contributed by atoms with van der Waals surface area (Å²) in [6, 6.07) is 4.99. The number of halogens is 1. The lowest BCUT2D eigenvalue weighted by atomic mass is 10.1. The summed E-state index contributed by atoms with van der Waals surface area (Å²) in [6.45, 7) is 7.99. The highest BCUT2D eigenvalue weighted by Gasteiger charge is 2.30. The summed E-state index contributed by atoms with van der Waals surface area (Å²) in [4.78, 5) is 49.2.